The van der Waals surface area contributed by atoms with E-state index in [1.807, 2.05) is 12.1 Å². The molecule has 1 aromatic heterocycles. The van der Waals surface area contributed by atoms with Gasteiger partial charge in [0.25, 0.3) is 0 Å². The Morgan fingerprint density at radius 3 is 2.50 bits per heavy atom. The number of hydrogen-bond acceptors (Lipinski definition) is 1. The summed E-state index contributed by atoms with van der Waals surface area (Å²) >= 11 is 23.6. The van der Waals surface area contributed by atoms with E-state index in [0.29, 0.717) is 10.0 Å². The third-order valence-corrected chi connectivity index (χ3v) is 5.84. The molecule has 1 unspecified atom stereocenters. The van der Waals surface area contributed by atoms with E-state index in [9.17, 15) is 0 Å². The molecule has 0 aliphatic carbocycles. The maximum Gasteiger partial charge on any atom is 0.0730 e. The van der Waals surface area contributed by atoms with E-state index < -0.39 is 0 Å². The SMILES string of the molecule is Cc1cc(Br)c(C(Cl)Cc2ccc(Cl)c(Cl)c2)s1. The van der Waals surface area contributed by atoms with Gasteiger partial charge in [-0.3, -0.25) is 0 Å². The summed E-state index contributed by atoms with van der Waals surface area (Å²) in [4.78, 5) is 2.40. The molecule has 0 bridgehead atoms. The van der Waals surface area contributed by atoms with Crippen LogP contribution in [-0.4, -0.2) is 0 Å². The fourth-order valence-corrected chi connectivity index (χ4v) is 4.47. The van der Waals surface area contributed by atoms with Crippen LogP contribution >= 0.6 is 62.1 Å². The average molecular weight is 385 g/mol. The molecule has 1 heterocycles. The van der Waals surface area contributed by atoms with Crippen LogP contribution in [0.4, 0.5) is 0 Å². The van der Waals surface area contributed by atoms with Gasteiger partial charge in [0.2, 0.25) is 0 Å². The second-order valence-corrected chi connectivity index (χ2v) is 7.47. The summed E-state index contributed by atoms with van der Waals surface area (Å²) in [6.07, 6.45) is 0.733. The Hall–Kier alpha value is 0.270. The van der Waals surface area contributed by atoms with Crippen molar-refractivity contribution in [2.45, 2.75) is 18.7 Å². The zero-order valence-electron chi connectivity index (χ0n) is 9.51. The largest absolute Gasteiger partial charge is 0.143 e. The number of rotatable bonds is 3. The quantitative estimate of drug-likeness (QED) is 0.520. The molecular formula is C13H10BrCl3S. The highest BCUT2D eigenvalue weighted by atomic mass is 79.9. The van der Waals surface area contributed by atoms with Crippen molar-refractivity contribution in [3.8, 4) is 0 Å². The first-order chi connectivity index (χ1) is 8.47. The summed E-state index contributed by atoms with van der Waals surface area (Å²) in [6.45, 7) is 2.07. The number of halogens is 4. The van der Waals surface area contributed by atoms with Gasteiger partial charge in [0.15, 0.2) is 0 Å². The highest BCUT2D eigenvalue weighted by Gasteiger charge is 2.15. The standard InChI is InChI=1S/C13H10BrCl3S/c1-7-4-9(14)13(18-7)12(17)6-8-2-3-10(15)11(16)5-8/h2-5,12H,6H2,1H3. The highest BCUT2D eigenvalue weighted by molar-refractivity contribution is 9.10. The van der Waals surface area contributed by atoms with E-state index in [1.165, 1.54) is 4.88 Å². The van der Waals surface area contributed by atoms with E-state index in [2.05, 4.69) is 28.9 Å². The molecule has 96 valence electrons. The lowest BCUT2D eigenvalue weighted by Gasteiger charge is -2.09. The molecule has 2 rings (SSSR count). The monoisotopic (exact) mass is 382 g/mol. The van der Waals surface area contributed by atoms with Crippen molar-refractivity contribution in [3.63, 3.8) is 0 Å². The first kappa shape index (κ1) is 14.7. The van der Waals surface area contributed by atoms with Gasteiger partial charge < -0.3 is 0 Å². The van der Waals surface area contributed by atoms with E-state index >= 15 is 0 Å². The smallest absolute Gasteiger partial charge is 0.0730 e. The Kier molecular flexibility index (Phi) is 5.01. The molecule has 1 atom stereocenters. The molecule has 2 aromatic rings. The van der Waals surface area contributed by atoms with Gasteiger partial charge in [0, 0.05) is 14.2 Å². The first-order valence-corrected chi connectivity index (χ1v) is 8.11. The van der Waals surface area contributed by atoms with E-state index in [-0.39, 0.29) is 5.38 Å². The molecule has 0 aliphatic heterocycles. The van der Waals surface area contributed by atoms with Gasteiger partial charge in [0.1, 0.15) is 0 Å². The van der Waals surface area contributed by atoms with Crippen LogP contribution in [-0.2, 0) is 6.42 Å². The van der Waals surface area contributed by atoms with Crippen LogP contribution < -0.4 is 0 Å². The average Bonchev–Trinajstić information content (AvgIpc) is 2.63. The normalized spacial score (nSPS) is 12.7. The van der Waals surface area contributed by atoms with Gasteiger partial charge in [0.05, 0.1) is 15.4 Å². The van der Waals surface area contributed by atoms with Crippen molar-refractivity contribution in [2.24, 2.45) is 0 Å². The minimum atomic E-state index is -0.0599. The Balaban J connectivity index is 2.18. The van der Waals surface area contributed by atoms with Crippen molar-refractivity contribution in [1.29, 1.82) is 0 Å². The van der Waals surface area contributed by atoms with Crippen LogP contribution in [0.2, 0.25) is 10.0 Å². The van der Waals surface area contributed by atoms with Crippen molar-refractivity contribution in [2.75, 3.05) is 0 Å². The molecular weight excluding hydrogens is 374 g/mol. The fraction of sp³-hybridized carbons (Fsp3) is 0.231. The molecule has 1 aromatic carbocycles. The number of thiophene rings is 1. The van der Waals surface area contributed by atoms with Crippen LogP contribution in [0.25, 0.3) is 0 Å². The number of alkyl halides is 1. The Morgan fingerprint density at radius 2 is 1.94 bits per heavy atom. The van der Waals surface area contributed by atoms with E-state index in [0.717, 1.165) is 21.3 Å². The van der Waals surface area contributed by atoms with Crippen LogP contribution in [0.15, 0.2) is 28.7 Å². The Labute approximate surface area is 134 Å². The maximum absolute atomic E-state index is 6.46. The number of aryl methyl sites for hydroxylation is 1. The van der Waals surface area contributed by atoms with Crippen molar-refractivity contribution in [3.05, 3.63) is 54.1 Å². The third kappa shape index (κ3) is 3.43. The predicted octanol–water partition coefficient (Wildman–Crippen LogP) is 6.65. The summed E-state index contributed by atoms with van der Waals surface area (Å²) in [6, 6.07) is 7.72. The minimum Gasteiger partial charge on any atom is -0.143 e. The molecule has 0 spiro atoms. The second kappa shape index (κ2) is 6.15. The highest BCUT2D eigenvalue weighted by Crippen LogP contribution is 2.37. The minimum absolute atomic E-state index is 0.0599. The van der Waals surface area contributed by atoms with Gasteiger partial charge in [-0.15, -0.1) is 22.9 Å². The van der Waals surface area contributed by atoms with Crippen molar-refractivity contribution >= 4 is 62.1 Å². The molecule has 18 heavy (non-hydrogen) atoms. The molecule has 0 radical (unpaired) electrons. The van der Waals surface area contributed by atoms with E-state index in [4.69, 9.17) is 34.8 Å². The van der Waals surface area contributed by atoms with Crippen LogP contribution in [0, 0.1) is 6.92 Å². The summed E-state index contributed by atoms with van der Waals surface area (Å²) in [5.74, 6) is 0. The van der Waals surface area contributed by atoms with Crippen LogP contribution in [0.1, 0.15) is 20.7 Å². The van der Waals surface area contributed by atoms with Gasteiger partial charge >= 0.3 is 0 Å². The van der Waals surface area contributed by atoms with Gasteiger partial charge in [-0.2, -0.15) is 0 Å². The second-order valence-electron chi connectivity index (χ2n) is 3.99. The lowest BCUT2D eigenvalue weighted by atomic mass is 10.1. The zero-order valence-corrected chi connectivity index (χ0v) is 14.2. The molecule has 0 saturated heterocycles. The van der Waals surface area contributed by atoms with Gasteiger partial charge in [-0.1, -0.05) is 29.3 Å². The lowest BCUT2D eigenvalue weighted by molar-refractivity contribution is 0.936. The summed E-state index contributed by atoms with van der Waals surface area (Å²) in [5, 5.41) is 1.08. The molecule has 0 aliphatic rings. The Morgan fingerprint density at radius 1 is 1.22 bits per heavy atom. The predicted molar refractivity (Wildman–Crippen MR) is 85.5 cm³/mol. The molecule has 0 saturated carbocycles. The van der Waals surface area contributed by atoms with Crippen LogP contribution in [0.5, 0.6) is 0 Å². The topological polar surface area (TPSA) is 0 Å². The lowest BCUT2D eigenvalue weighted by Crippen LogP contribution is -1.94. The van der Waals surface area contributed by atoms with Gasteiger partial charge in [-0.05, 0) is 53.0 Å². The Bertz CT molecular complexity index is 565. The maximum atomic E-state index is 6.46. The molecule has 5 heteroatoms. The molecule has 0 N–H and O–H groups in total. The molecule has 0 amide bonds. The summed E-state index contributed by atoms with van der Waals surface area (Å²) < 4.78 is 1.07. The number of benzene rings is 1. The van der Waals surface area contributed by atoms with Crippen molar-refractivity contribution < 1.29 is 0 Å². The van der Waals surface area contributed by atoms with E-state index in [1.54, 1.807) is 17.4 Å². The van der Waals surface area contributed by atoms with Crippen LogP contribution in [0.3, 0.4) is 0 Å². The fourth-order valence-electron chi connectivity index (χ4n) is 1.68. The van der Waals surface area contributed by atoms with Crippen molar-refractivity contribution in [1.82, 2.24) is 0 Å². The number of hydrogen-bond donors (Lipinski definition) is 0. The van der Waals surface area contributed by atoms with Gasteiger partial charge in [-0.25, -0.2) is 0 Å². The summed E-state index contributed by atoms with van der Waals surface area (Å²) in [7, 11) is 0. The first-order valence-electron chi connectivity index (χ1n) is 5.31. The zero-order chi connectivity index (χ0) is 13.3. The molecule has 0 nitrogen and oxygen atoms in total. The third-order valence-electron chi connectivity index (χ3n) is 2.52. The summed E-state index contributed by atoms with van der Waals surface area (Å²) in [5.41, 5.74) is 1.09. The molecule has 0 fully saturated rings.